The lowest BCUT2D eigenvalue weighted by Gasteiger charge is -2.39. The molecular formula is C18H19ClNO2-. The summed E-state index contributed by atoms with van der Waals surface area (Å²) >= 11 is 0. The molecule has 0 aromatic heterocycles. The molecule has 0 saturated heterocycles. The zero-order chi connectivity index (χ0) is 14.6. The van der Waals surface area contributed by atoms with E-state index >= 15 is 0 Å². The van der Waals surface area contributed by atoms with Gasteiger partial charge in [0.15, 0.2) is 11.5 Å². The van der Waals surface area contributed by atoms with Crippen LogP contribution < -0.4 is 17.1 Å². The maximum absolute atomic E-state index is 10.6. The van der Waals surface area contributed by atoms with E-state index in [1.54, 1.807) is 7.11 Å². The van der Waals surface area contributed by atoms with E-state index in [2.05, 4.69) is 36.2 Å². The van der Waals surface area contributed by atoms with Crippen molar-refractivity contribution in [3.05, 3.63) is 47.0 Å². The van der Waals surface area contributed by atoms with Crippen LogP contribution in [-0.2, 0) is 12.8 Å². The number of phenols is 1. The lowest BCUT2D eigenvalue weighted by molar-refractivity contribution is -0.00000535. The second-order valence-electron chi connectivity index (χ2n) is 5.98. The van der Waals surface area contributed by atoms with E-state index in [1.165, 1.54) is 22.3 Å². The van der Waals surface area contributed by atoms with Crippen molar-refractivity contribution in [3.63, 3.8) is 0 Å². The SMILES string of the molecule is COc1ccc2c(c1O)-c1cccc3c1[C@@H](C2)N(C)CC3.[Cl-]. The van der Waals surface area contributed by atoms with Gasteiger partial charge < -0.3 is 22.3 Å². The van der Waals surface area contributed by atoms with Gasteiger partial charge in [-0.15, -0.1) is 0 Å². The van der Waals surface area contributed by atoms with Gasteiger partial charge in [-0.3, -0.25) is 4.90 Å². The summed E-state index contributed by atoms with van der Waals surface area (Å²) in [6, 6.07) is 10.8. The van der Waals surface area contributed by atoms with Crippen LogP contribution in [0.4, 0.5) is 0 Å². The van der Waals surface area contributed by atoms with Crippen molar-refractivity contribution in [1.82, 2.24) is 4.90 Å². The van der Waals surface area contributed by atoms with Crippen LogP contribution in [0, 0.1) is 0 Å². The Kier molecular flexibility index (Phi) is 3.79. The van der Waals surface area contributed by atoms with Crippen molar-refractivity contribution in [1.29, 1.82) is 0 Å². The maximum atomic E-state index is 10.6. The van der Waals surface area contributed by atoms with Crippen molar-refractivity contribution in [3.8, 4) is 22.6 Å². The number of methoxy groups -OCH3 is 1. The number of rotatable bonds is 1. The summed E-state index contributed by atoms with van der Waals surface area (Å²) in [5.74, 6) is 0.823. The number of phenolic OH excluding ortho intramolecular Hbond substituents is 1. The average Bonchev–Trinajstić information content (AvgIpc) is 2.51. The topological polar surface area (TPSA) is 32.7 Å². The monoisotopic (exact) mass is 316 g/mol. The molecule has 0 amide bonds. The molecule has 116 valence electrons. The molecule has 4 rings (SSSR count). The highest BCUT2D eigenvalue weighted by Gasteiger charge is 2.34. The minimum Gasteiger partial charge on any atom is -1.00 e. The Morgan fingerprint density at radius 2 is 2.00 bits per heavy atom. The van der Waals surface area contributed by atoms with Crippen LogP contribution in [0.5, 0.6) is 11.5 Å². The number of aromatic hydroxyl groups is 1. The fourth-order valence-corrected chi connectivity index (χ4v) is 3.83. The van der Waals surface area contributed by atoms with Crippen LogP contribution in [0.15, 0.2) is 30.3 Å². The highest BCUT2D eigenvalue weighted by molar-refractivity contribution is 5.82. The predicted molar refractivity (Wildman–Crippen MR) is 82.9 cm³/mol. The highest BCUT2D eigenvalue weighted by atomic mass is 35.5. The molecule has 1 heterocycles. The van der Waals surface area contributed by atoms with Crippen molar-refractivity contribution in [2.24, 2.45) is 0 Å². The number of ether oxygens (including phenoxy) is 1. The van der Waals surface area contributed by atoms with Gasteiger partial charge in [-0.2, -0.15) is 0 Å². The number of hydrogen-bond donors (Lipinski definition) is 1. The molecule has 2 aliphatic rings. The second kappa shape index (κ2) is 5.49. The third kappa shape index (κ3) is 2.00. The molecule has 1 aliphatic heterocycles. The van der Waals surface area contributed by atoms with Gasteiger partial charge >= 0.3 is 0 Å². The van der Waals surface area contributed by atoms with Gasteiger partial charge in [0.2, 0.25) is 0 Å². The van der Waals surface area contributed by atoms with Crippen LogP contribution in [0.1, 0.15) is 22.7 Å². The van der Waals surface area contributed by atoms with Gasteiger partial charge in [-0.05, 0) is 48.2 Å². The first kappa shape index (κ1) is 15.2. The Balaban J connectivity index is 0.00000144. The van der Waals surface area contributed by atoms with Crippen LogP contribution >= 0.6 is 0 Å². The molecule has 4 heteroatoms. The molecule has 2 aromatic carbocycles. The Labute approximate surface area is 136 Å². The summed E-state index contributed by atoms with van der Waals surface area (Å²) in [5, 5.41) is 10.6. The first-order valence-electron chi connectivity index (χ1n) is 7.42. The van der Waals surface area contributed by atoms with E-state index < -0.39 is 0 Å². The molecule has 2 aromatic rings. The highest BCUT2D eigenvalue weighted by Crippen LogP contribution is 2.50. The number of nitrogens with zero attached hydrogens (tertiary/aromatic N) is 1. The molecular weight excluding hydrogens is 298 g/mol. The van der Waals surface area contributed by atoms with Crippen molar-refractivity contribution >= 4 is 0 Å². The Morgan fingerprint density at radius 1 is 1.18 bits per heavy atom. The van der Waals surface area contributed by atoms with Crippen LogP contribution in [0.2, 0.25) is 0 Å². The number of hydrogen-bond acceptors (Lipinski definition) is 3. The summed E-state index contributed by atoms with van der Waals surface area (Å²) in [6.45, 7) is 1.10. The lowest BCUT2D eigenvalue weighted by Crippen LogP contribution is -3.00. The Bertz CT molecular complexity index is 729. The summed E-state index contributed by atoms with van der Waals surface area (Å²) in [6.07, 6.45) is 2.03. The van der Waals surface area contributed by atoms with Gasteiger partial charge in [-0.1, -0.05) is 24.3 Å². The van der Waals surface area contributed by atoms with Gasteiger partial charge in [0.05, 0.1) is 7.11 Å². The Hall–Kier alpha value is -1.71. The molecule has 1 N–H and O–H groups in total. The van der Waals surface area contributed by atoms with Crippen molar-refractivity contribution in [2.45, 2.75) is 18.9 Å². The molecule has 0 radical (unpaired) electrons. The van der Waals surface area contributed by atoms with E-state index in [0.29, 0.717) is 11.8 Å². The lowest BCUT2D eigenvalue weighted by atomic mass is 9.77. The second-order valence-corrected chi connectivity index (χ2v) is 5.98. The standard InChI is InChI=1S/C18H19NO2.ClH/c1-19-9-8-11-4-3-5-13-16(11)14(19)10-12-6-7-15(21-2)18(20)17(12)13;/h3-7,14,20H,8-10H2,1-2H3;1H/p-1/t14-;/m1./s1. The fraction of sp³-hybridized carbons (Fsp3) is 0.333. The van der Waals surface area contributed by atoms with E-state index in [9.17, 15) is 5.11 Å². The van der Waals surface area contributed by atoms with Gasteiger partial charge in [-0.25, -0.2) is 0 Å². The molecule has 0 bridgehead atoms. The first-order chi connectivity index (χ1) is 10.2. The zero-order valence-corrected chi connectivity index (χ0v) is 13.5. The largest absolute Gasteiger partial charge is 1.00 e. The van der Waals surface area contributed by atoms with E-state index in [-0.39, 0.29) is 18.2 Å². The number of fused-ring (bicyclic) bond motifs is 2. The summed E-state index contributed by atoms with van der Waals surface area (Å²) < 4.78 is 5.28. The Morgan fingerprint density at radius 3 is 2.77 bits per heavy atom. The molecule has 3 nitrogen and oxygen atoms in total. The van der Waals surface area contributed by atoms with Crippen molar-refractivity contribution < 1.29 is 22.3 Å². The summed E-state index contributed by atoms with van der Waals surface area (Å²) in [4.78, 5) is 2.43. The van der Waals surface area contributed by atoms with E-state index in [0.717, 1.165) is 24.9 Å². The van der Waals surface area contributed by atoms with E-state index in [1.807, 2.05) is 6.07 Å². The van der Waals surface area contributed by atoms with Gasteiger partial charge in [0.1, 0.15) is 0 Å². The van der Waals surface area contributed by atoms with Crippen LogP contribution in [0.3, 0.4) is 0 Å². The molecule has 0 spiro atoms. The third-order valence-electron chi connectivity index (χ3n) is 4.93. The first-order valence-corrected chi connectivity index (χ1v) is 7.42. The molecule has 22 heavy (non-hydrogen) atoms. The number of benzene rings is 2. The zero-order valence-electron chi connectivity index (χ0n) is 12.8. The molecule has 0 saturated carbocycles. The summed E-state index contributed by atoms with van der Waals surface area (Å²) in [5.41, 5.74) is 6.14. The third-order valence-corrected chi connectivity index (χ3v) is 4.93. The smallest absolute Gasteiger partial charge is 0.165 e. The van der Waals surface area contributed by atoms with Crippen LogP contribution in [-0.4, -0.2) is 30.7 Å². The van der Waals surface area contributed by atoms with Gasteiger partial charge in [0, 0.05) is 18.2 Å². The minimum atomic E-state index is 0. The summed E-state index contributed by atoms with van der Waals surface area (Å²) in [7, 11) is 3.79. The molecule has 1 atom stereocenters. The van der Waals surface area contributed by atoms with E-state index in [4.69, 9.17) is 4.74 Å². The maximum Gasteiger partial charge on any atom is 0.165 e. The number of halogens is 1. The van der Waals surface area contributed by atoms with Crippen molar-refractivity contribution in [2.75, 3.05) is 20.7 Å². The average molecular weight is 317 g/mol. The number of likely N-dealkylation sites (N-methyl/N-ethyl adjacent to an activating group) is 1. The van der Waals surface area contributed by atoms with Gasteiger partial charge in [0.25, 0.3) is 0 Å². The fourth-order valence-electron chi connectivity index (χ4n) is 3.83. The molecule has 0 unspecified atom stereocenters. The quantitative estimate of drug-likeness (QED) is 0.813. The molecule has 1 aliphatic carbocycles. The van der Waals surface area contributed by atoms with Crippen LogP contribution in [0.25, 0.3) is 11.1 Å². The molecule has 0 fully saturated rings. The minimum absolute atomic E-state index is 0. The normalized spacial score (nSPS) is 18.9. The predicted octanol–water partition coefficient (Wildman–Crippen LogP) is 0.157.